The van der Waals surface area contributed by atoms with E-state index in [1.54, 1.807) is 7.05 Å². The second kappa shape index (κ2) is 6.04. The van der Waals surface area contributed by atoms with Crippen LogP contribution in [-0.2, 0) is 11.8 Å². The number of halogens is 2. The van der Waals surface area contributed by atoms with Crippen molar-refractivity contribution in [3.63, 3.8) is 0 Å². The number of nitrogens with zero attached hydrogens (tertiary/aromatic N) is 2. The number of aliphatic carboxylic acids is 1. The summed E-state index contributed by atoms with van der Waals surface area (Å²) in [5.74, 6) is -2.34. The molecule has 0 saturated heterocycles. The first-order chi connectivity index (χ1) is 9.88. The number of carbonyl (C=O) groups is 2. The lowest BCUT2D eigenvalue weighted by Crippen LogP contribution is -2.33. The lowest BCUT2D eigenvalue weighted by atomic mass is 10.1. The van der Waals surface area contributed by atoms with Gasteiger partial charge < -0.3 is 10.4 Å². The van der Waals surface area contributed by atoms with Crippen molar-refractivity contribution < 1.29 is 19.1 Å². The number of carboxylic acid groups (broad SMARTS) is 1. The minimum absolute atomic E-state index is 0.145. The van der Waals surface area contributed by atoms with Crippen LogP contribution < -0.4 is 5.32 Å². The fourth-order valence-electron chi connectivity index (χ4n) is 1.76. The number of hydrogen-bond acceptors (Lipinski definition) is 3. The molecule has 0 spiro atoms. The summed E-state index contributed by atoms with van der Waals surface area (Å²) < 4.78 is 14.7. The minimum Gasteiger partial charge on any atom is -0.479 e. The van der Waals surface area contributed by atoms with Crippen LogP contribution in [0.15, 0.2) is 35.1 Å². The molecule has 1 aromatic heterocycles. The summed E-state index contributed by atoms with van der Waals surface area (Å²) in [4.78, 5) is 23.4. The van der Waals surface area contributed by atoms with Crippen LogP contribution in [0.3, 0.4) is 0 Å². The van der Waals surface area contributed by atoms with Crippen LogP contribution in [0.1, 0.15) is 22.0 Å². The summed E-state index contributed by atoms with van der Waals surface area (Å²) in [6, 6.07) is 2.30. The molecule has 0 fully saturated rings. The van der Waals surface area contributed by atoms with Gasteiger partial charge in [0.2, 0.25) is 0 Å². The molecule has 1 atom stereocenters. The van der Waals surface area contributed by atoms with Crippen LogP contribution >= 0.6 is 15.9 Å². The topological polar surface area (TPSA) is 84.2 Å². The van der Waals surface area contributed by atoms with Gasteiger partial charge >= 0.3 is 5.97 Å². The van der Waals surface area contributed by atoms with E-state index < -0.39 is 23.7 Å². The molecule has 0 aliphatic rings. The predicted octanol–water partition coefficient (Wildman–Crippen LogP) is 1.88. The summed E-state index contributed by atoms with van der Waals surface area (Å²) in [5.41, 5.74) is 0.489. The molecule has 110 valence electrons. The van der Waals surface area contributed by atoms with Crippen molar-refractivity contribution in [1.82, 2.24) is 15.1 Å². The number of carbonyl (C=O) groups excluding carboxylic acids is 1. The highest BCUT2D eigenvalue weighted by Crippen LogP contribution is 2.20. The van der Waals surface area contributed by atoms with Crippen molar-refractivity contribution in [2.24, 2.45) is 7.05 Å². The number of aryl methyl sites for hydroxylation is 1. The number of hydrogen-bond donors (Lipinski definition) is 2. The number of aromatic nitrogens is 2. The van der Waals surface area contributed by atoms with Gasteiger partial charge in [-0.25, -0.2) is 9.18 Å². The monoisotopic (exact) mass is 355 g/mol. The quantitative estimate of drug-likeness (QED) is 0.876. The Morgan fingerprint density at radius 2 is 2.19 bits per heavy atom. The maximum atomic E-state index is 13.0. The van der Waals surface area contributed by atoms with Crippen LogP contribution in [0.25, 0.3) is 0 Å². The second-order valence-electron chi connectivity index (χ2n) is 4.32. The molecular weight excluding hydrogens is 345 g/mol. The first-order valence-corrected chi connectivity index (χ1v) is 6.65. The normalized spacial score (nSPS) is 12.0. The largest absolute Gasteiger partial charge is 0.479 e. The van der Waals surface area contributed by atoms with E-state index in [0.29, 0.717) is 5.56 Å². The van der Waals surface area contributed by atoms with Crippen molar-refractivity contribution in [1.29, 1.82) is 0 Å². The molecule has 0 aliphatic heterocycles. The van der Waals surface area contributed by atoms with Crippen molar-refractivity contribution in [3.8, 4) is 0 Å². The summed E-state index contributed by atoms with van der Waals surface area (Å²) in [7, 11) is 1.64. The molecule has 1 aromatic carbocycles. The summed E-state index contributed by atoms with van der Waals surface area (Å²) in [6.07, 6.45) is 2.86. The molecule has 0 saturated carbocycles. The molecule has 2 aromatic rings. The van der Waals surface area contributed by atoms with Gasteiger partial charge in [0.05, 0.1) is 11.8 Å². The zero-order valence-corrected chi connectivity index (χ0v) is 12.5. The molecule has 2 N–H and O–H groups in total. The highest BCUT2D eigenvalue weighted by Gasteiger charge is 2.24. The van der Waals surface area contributed by atoms with E-state index in [-0.39, 0.29) is 10.0 Å². The Morgan fingerprint density at radius 3 is 2.71 bits per heavy atom. The fraction of sp³-hybridized carbons (Fsp3) is 0.154. The molecule has 8 heteroatoms. The van der Waals surface area contributed by atoms with Crippen molar-refractivity contribution in [3.05, 3.63) is 52.0 Å². The Hall–Kier alpha value is -2.22. The van der Waals surface area contributed by atoms with Gasteiger partial charge in [0.15, 0.2) is 6.04 Å². The summed E-state index contributed by atoms with van der Waals surface area (Å²) in [5, 5.41) is 15.5. The lowest BCUT2D eigenvalue weighted by molar-refractivity contribution is -0.139. The summed E-state index contributed by atoms with van der Waals surface area (Å²) >= 11 is 3.07. The number of rotatable bonds is 4. The van der Waals surface area contributed by atoms with Gasteiger partial charge in [-0.2, -0.15) is 5.10 Å². The van der Waals surface area contributed by atoms with E-state index in [2.05, 4.69) is 26.3 Å². The first kappa shape index (κ1) is 15.2. The number of nitrogens with one attached hydrogen (secondary N) is 1. The maximum absolute atomic E-state index is 13.0. The van der Waals surface area contributed by atoms with Gasteiger partial charge in [-0.1, -0.05) is 0 Å². The molecule has 1 unspecified atom stereocenters. The Balaban J connectivity index is 2.25. The van der Waals surface area contributed by atoms with Crippen LogP contribution in [0.4, 0.5) is 4.39 Å². The molecule has 0 bridgehead atoms. The zero-order valence-electron chi connectivity index (χ0n) is 10.9. The predicted molar refractivity (Wildman–Crippen MR) is 75.2 cm³/mol. The first-order valence-electron chi connectivity index (χ1n) is 5.85. The highest BCUT2D eigenvalue weighted by molar-refractivity contribution is 9.10. The van der Waals surface area contributed by atoms with Gasteiger partial charge in [0.1, 0.15) is 5.82 Å². The van der Waals surface area contributed by atoms with E-state index in [9.17, 15) is 19.1 Å². The fourth-order valence-corrected chi connectivity index (χ4v) is 2.29. The van der Waals surface area contributed by atoms with E-state index in [1.807, 2.05) is 0 Å². The Labute approximate surface area is 127 Å². The SMILES string of the molecule is Cn1cc(C(NC(=O)c2ccc(F)cc2Br)C(=O)O)cn1. The molecule has 0 aliphatic carbocycles. The van der Waals surface area contributed by atoms with Crippen LogP contribution in [0.2, 0.25) is 0 Å². The third-order valence-corrected chi connectivity index (χ3v) is 3.41. The maximum Gasteiger partial charge on any atom is 0.331 e. The Bertz CT molecular complexity index is 702. The lowest BCUT2D eigenvalue weighted by Gasteiger charge is -2.13. The second-order valence-corrected chi connectivity index (χ2v) is 5.17. The standard InChI is InChI=1S/C13H11BrFN3O3/c1-18-6-7(5-16-18)11(13(20)21)17-12(19)9-3-2-8(15)4-10(9)14/h2-6,11H,1H3,(H,17,19)(H,20,21). The molecule has 1 amide bonds. The zero-order chi connectivity index (χ0) is 15.6. The molecule has 2 rings (SSSR count). The molecule has 1 heterocycles. The molecule has 21 heavy (non-hydrogen) atoms. The van der Waals surface area contributed by atoms with Crippen LogP contribution in [0, 0.1) is 5.82 Å². The summed E-state index contributed by atoms with van der Waals surface area (Å²) in [6.45, 7) is 0. The Morgan fingerprint density at radius 1 is 1.48 bits per heavy atom. The number of amides is 1. The molecule has 6 nitrogen and oxygen atoms in total. The van der Waals surface area contributed by atoms with E-state index in [0.717, 1.165) is 12.1 Å². The van der Waals surface area contributed by atoms with Crippen LogP contribution in [-0.4, -0.2) is 26.8 Å². The van der Waals surface area contributed by atoms with E-state index in [4.69, 9.17) is 0 Å². The third kappa shape index (κ3) is 3.46. The number of carboxylic acids is 1. The van der Waals surface area contributed by atoms with Crippen molar-refractivity contribution in [2.45, 2.75) is 6.04 Å². The third-order valence-electron chi connectivity index (χ3n) is 2.76. The van der Waals surface area contributed by atoms with Gasteiger partial charge in [-0.3, -0.25) is 9.48 Å². The number of benzene rings is 1. The van der Waals surface area contributed by atoms with Gasteiger partial charge in [-0.05, 0) is 34.1 Å². The smallest absolute Gasteiger partial charge is 0.331 e. The van der Waals surface area contributed by atoms with Gasteiger partial charge in [-0.15, -0.1) is 0 Å². The van der Waals surface area contributed by atoms with Crippen LogP contribution in [0.5, 0.6) is 0 Å². The van der Waals surface area contributed by atoms with E-state index in [1.165, 1.54) is 23.1 Å². The highest BCUT2D eigenvalue weighted by atomic mass is 79.9. The molecular formula is C13H11BrFN3O3. The van der Waals surface area contributed by atoms with Gasteiger partial charge in [0.25, 0.3) is 5.91 Å². The molecule has 0 radical (unpaired) electrons. The van der Waals surface area contributed by atoms with Gasteiger partial charge in [0, 0.05) is 23.3 Å². The minimum atomic E-state index is -1.23. The van der Waals surface area contributed by atoms with Crippen molar-refractivity contribution in [2.75, 3.05) is 0 Å². The van der Waals surface area contributed by atoms with E-state index >= 15 is 0 Å². The Kier molecular flexibility index (Phi) is 4.37. The average molecular weight is 356 g/mol. The van der Waals surface area contributed by atoms with Crippen molar-refractivity contribution >= 4 is 27.8 Å². The average Bonchev–Trinajstić information content (AvgIpc) is 2.81.